The van der Waals surface area contributed by atoms with Gasteiger partial charge in [-0.25, -0.2) is 13.6 Å². The summed E-state index contributed by atoms with van der Waals surface area (Å²) in [6.07, 6.45) is 1.11. The number of halogens is 2. The first-order valence-corrected chi connectivity index (χ1v) is 12.8. The lowest BCUT2D eigenvalue weighted by molar-refractivity contribution is -0.139. The third-order valence-corrected chi connectivity index (χ3v) is 6.59. The molecule has 0 bridgehead atoms. The molecule has 4 rings (SSSR count). The number of methoxy groups -OCH3 is 2. The molecule has 1 aromatic heterocycles. The van der Waals surface area contributed by atoms with E-state index >= 15 is 0 Å². The number of pyridine rings is 1. The minimum absolute atomic E-state index is 0.219. The van der Waals surface area contributed by atoms with Gasteiger partial charge in [0.15, 0.2) is 0 Å². The van der Waals surface area contributed by atoms with Gasteiger partial charge in [-0.15, -0.1) is 0 Å². The van der Waals surface area contributed by atoms with Crippen molar-refractivity contribution in [2.75, 3.05) is 20.8 Å². The molecule has 0 aliphatic heterocycles. The molecule has 1 unspecified atom stereocenters. The Morgan fingerprint density at radius 1 is 1.07 bits per heavy atom. The standard InChI is InChI=1S/C31H27F2N3O6/c1-4-42-16-17-11-25(40-2)27(26(12-17)41-3)20-9-8-19(21-10-18(14-34)15-35-29(20)21)13-24(31(38)39)36-30(37)28-22(32)6-5-7-23(28)33/h5-12,15,24H,4,13,16H2,1-3H3,(H,36,37)(H,38,39). The fraction of sp³-hybridized carbons (Fsp3) is 0.226. The van der Waals surface area contributed by atoms with Gasteiger partial charge >= 0.3 is 5.97 Å². The molecule has 1 amide bonds. The number of nitrogens with one attached hydrogen (secondary N) is 1. The van der Waals surface area contributed by atoms with E-state index in [-0.39, 0.29) is 12.0 Å². The number of nitrogens with zero attached hydrogens (tertiary/aromatic N) is 2. The molecule has 0 saturated carbocycles. The van der Waals surface area contributed by atoms with Gasteiger partial charge in [0.25, 0.3) is 5.91 Å². The second kappa shape index (κ2) is 13.1. The molecule has 0 aliphatic carbocycles. The summed E-state index contributed by atoms with van der Waals surface area (Å²) in [6.45, 7) is 2.75. The minimum atomic E-state index is -1.56. The maximum atomic E-state index is 14.2. The highest BCUT2D eigenvalue weighted by Crippen LogP contribution is 2.43. The Hall–Kier alpha value is -5.08. The van der Waals surface area contributed by atoms with Crippen molar-refractivity contribution in [3.63, 3.8) is 0 Å². The monoisotopic (exact) mass is 575 g/mol. The number of benzene rings is 3. The van der Waals surface area contributed by atoms with Gasteiger partial charge in [0, 0.05) is 30.2 Å². The van der Waals surface area contributed by atoms with E-state index in [9.17, 15) is 28.7 Å². The Morgan fingerprint density at radius 2 is 1.74 bits per heavy atom. The van der Waals surface area contributed by atoms with Gasteiger partial charge in [0.2, 0.25) is 0 Å². The molecule has 0 fully saturated rings. The molecular weight excluding hydrogens is 548 g/mol. The third kappa shape index (κ3) is 6.14. The first-order valence-electron chi connectivity index (χ1n) is 12.8. The lowest BCUT2D eigenvalue weighted by Crippen LogP contribution is -2.43. The number of hydrogen-bond donors (Lipinski definition) is 2. The number of carbonyl (C=O) groups is 2. The minimum Gasteiger partial charge on any atom is -0.496 e. The summed E-state index contributed by atoms with van der Waals surface area (Å²) in [5.74, 6) is -3.92. The summed E-state index contributed by atoms with van der Waals surface area (Å²) >= 11 is 0. The topological polar surface area (TPSA) is 131 Å². The number of ether oxygens (including phenoxy) is 3. The van der Waals surface area contributed by atoms with Crippen molar-refractivity contribution >= 4 is 22.8 Å². The Kier molecular flexibility index (Phi) is 9.29. The zero-order chi connectivity index (χ0) is 30.4. The number of carboxylic acid groups (broad SMARTS) is 1. The van der Waals surface area contributed by atoms with Crippen molar-refractivity contribution in [3.05, 3.63) is 88.6 Å². The van der Waals surface area contributed by atoms with Crippen LogP contribution in [0.5, 0.6) is 11.5 Å². The van der Waals surface area contributed by atoms with Gasteiger partial charge in [-0.3, -0.25) is 9.78 Å². The number of aromatic nitrogens is 1. The zero-order valence-corrected chi connectivity index (χ0v) is 23.0. The van der Waals surface area contributed by atoms with Gasteiger partial charge in [-0.2, -0.15) is 5.26 Å². The van der Waals surface area contributed by atoms with E-state index in [2.05, 4.69) is 10.3 Å². The van der Waals surface area contributed by atoms with Crippen LogP contribution < -0.4 is 14.8 Å². The summed E-state index contributed by atoms with van der Waals surface area (Å²) in [6, 6.07) is 11.9. The van der Waals surface area contributed by atoms with Crippen LogP contribution >= 0.6 is 0 Å². The Balaban J connectivity index is 1.81. The average molecular weight is 576 g/mol. The largest absolute Gasteiger partial charge is 0.496 e. The van der Waals surface area contributed by atoms with Crippen molar-refractivity contribution < 1.29 is 37.7 Å². The van der Waals surface area contributed by atoms with Gasteiger partial charge in [-0.05, 0) is 48.4 Å². The molecule has 1 heterocycles. The molecule has 1 atom stereocenters. The van der Waals surface area contributed by atoms with Gasteiger partial charge < -0.3 is 24.6 Å². The second-order valence-electron chi connectivity index (χ2n) is 9.18. The SMILES string of the molecule is CCOCc1cc(OC)c(-c2ccc(CC(NC(=O)c3c(F)cccc3F)C(=O)O)c3cc(C#N)cnc23)c(OC)c1. The summed E-state index contributed by atoms with van der Waals surface area (Å²) in [7, 11) is 3.03. The van der Waals surface area contributed by atoms with Crippen molar-refractivity contribution in [2.45, 2.75) is 26.0 Å². The molecule has 0 aliphatic rings. The van der Waals surface area contributed by atoms with Crippen molar-refractivity contribution in [1.29, 1.82) is 5.26 Å². The molecule has 0 radical (unpaired) electrons. The Morgan fingerprint density at radius 3 is 2.31 bits per heavy atom. The smallest absolute Gasteiger partial charge is 0.326 e. The van der Waals surface area contributed by atoms with Crippen LogP contribution in [0.2, 0.25) is 0 Å². The molecule has 0 saturated heterocycles. The van der Waals surface area contributed by atoms with Crippen LogP contribution in [0, 0.1) is 23.0 Å². The normalized spacial score (nSPS) is 11.5. The number of fused-ring (bicyclic) bond motifs is 1. The van der Waals surface area contributed by atoms with Gasteiger partial charge in [0.1, 0.15) is 40.8 Å². The quantitative estimate of drug-likeness (QED) is 0.255. The molecule has 11 heteroatoms. The van der Waals surface area contributed by atoms with Crippen LogP contribution in [0.15, 0.2) is 54.7 Å². The van der Waals surface area contributed by atoms with E-state index in [1.807, 2.05) is 25.1 Å². The maximum Gasteiger partial charge on any atom is 0.326 e. The van der Waals surface area contributed by atoms with E-state index in [1.54, 1.807) is 18.2 Å². The average Bonchev–Trinajstić information content (AvgIpc) is 2.98. The lowest BCUT2D eigenvalue weighted by atomic mass is 9.93. The second-order valence-corrected chi connectivity index (χ2v) is 9.18. The lowest BCUT2D eigenvalue weighted by Gasteiger charge is -2.19. The summed E-state index contributed by atoms with van der Waals surface area (Å²) in [5.41, 5.74) is 2.15. The summed E-state index contributed by atoms with van der Waals surface area (Å²) in [4.78, 5) is 29.3. The van der Waals surface area contributed by atoms with Gasteiger partial charge in [0.05, 0.1) is 37.5 Å². The van der Waals surface area contributed by atoms with Crippen molar-refractivity contribution in [3.8, 4) is 28.7 Å². The van der Waals surface area contributed by atoms with Crippen LogP contribution in [0.25, 0.3) is 22.0 Å². The predicted molar refractivity (Wildman–Crippen MR) is 149 cm³/mol. The first kappa shape index (κ1) is 29.9. The summed E-state index contributed by atoms with van der Waals surface area (Å²) < 4.78 is 45.2. The fourth-order valence-corrected chi connectivity index (χ4v) is 4.62. The number of carbonyl (C=O) groups excluding carboxylic acids is 1. The molecule has 0 spiro atoms. The zero-order valence-electron chi connectivity index (χ0n) is 23.0. The van der Waals surface area contributed by atoms with E-state index < -0.39 is 35.1 Å². The van der Waals surface area contributed by atoms with Gasteiger partial charge in [-0.1, -0.05) is 18.2 Å². The number of aliphatic carboxylic acids is 1. The van der Waals surface area contributed by atoms with E-state index in [0.29, 0.717) is 52.3 Å². The first-order chi connectivity index (χ1) is 20.2. The number of hydrogen-bond acceptors (Lipinski definition) is 7. The van der Waals surface area contributed by atoms with E-state index in [0.717, 1.165) is 23.8 Å². The molecule has 4 aromatic rings. The van der Waals surface area contributed by atoms with Crippen molar-refractivity contribution in [1.82, 2.24) is 10.3 Å². The van der Waals surface area contributed by atoms with E-state index in [4.69, 9.17) is 14.2 Å². The third-order valence-electron chi connectivity index (χ3n) is 6.59. The Labute approximate surface area is 240 Å². The van der Waals surface area contributed by atoms with Crippen molar-refractivity contribution in [2.24, 2.45) is 0 Å². The highest BCUT2D eigenvalue weighted by molar-refractivity contribution is 6.00. The highest BCUT2D eigenvalue weighted by atomic mass is 19.1. The molecule has 9 nitrogen and oxygen atoms in total. The molecule has 42 heavy (non-hydrogen) atoms. The maximum absolute atomic E-state index is 14.2. The molecule has 2 N–H and O–H groups in total. The number of nitriles is 1. The Bertz CT molecular complexity index is 1660. The van der Waals surface area contributed by atoms with Crippen LogP contribution in [-0.4, -0.2) is 48.8 Å². The molecule has 3 aromatic carbocycles. The van der Waals surface area contributed by atoms with Crippen LogP contribution in [0.1, 0.15) is 34.0 Å². The number of amides is 1. The van der Waals surface area contributed by atoms with Crippen LogP contribution in [-0.2, 0) is 22.6 Å². The number of carboxylic acids is 1. The fourth-order valence-electron chi connectivity index (χ4n) is 4.62. The van der Waals surface area contributed by atoms with Crippen LogP contribution in [0.4, 0.5) is 8.78 Å². The summed E-state index contributed by atoms with van der Waals surface area (Å²) in [5, 5.41) is 22.1. The number of rotatable bonds is 11. The van der Waals surface area contributed by atoms with E-state index in [1.165, 1.54) is 20.4 Å². The van der Waals surface area contributed by atoms with Crippen LogP contribution in [0.3, 0.4) is 0 Å². The molecule has 216 valence electrons. The predicted octanol–water partition coefficient (Wildman–Crippen LogP) is 5.03. The highest BCUT2D eigenvalue weighted by Gasteiger charge is 2.27. The molecular formula is C31H27F2N3O6.